The zero-order chi connectivity index (χ0) is 10.8. The molecule has 0 amide bonds. The van der Waals surface area contributed by atoms with Crippen molar-refractivity contribution in [1.82, 2.24) is 0 Å². The molecule has 78 valence electrons. The van der Waals surface area contributed by atoms with Gasteiger partial charge in [0.1, 0.15) is 0 Å². The SMILES string of the molecule is NCc1c(-c2cccc(Br)c2)csc1Cl. The highest BCUT2D eigenvalue weighted by Gasteiger charge is 2.10. The summed E-state index contributed by atoms with van der Waals surface area (Å²) in [5.41, 5.74) is 8.99. The first-order valence-corrected chi connectivity index (χ1v) is 6.49. The van der Waals surface area contributed by atoms with Crippen molar-refractivity contribution in [2.24, 2.45) is 5.73 Å². The minimum atomic E-state index is 0.476. The van der Waals surface area contributed by atoms with Crippen LogP contribution in [0.1, 0.15) is 5.56 Å². The van der Waals surface area contributed by atoms with Crippen LogP contribution in [0.25, 0.3) is 11.1 Å². The number of rotatable bonds is 2. The summed E-state index contributed by atoms with van der Waals surface area (Å²) in [7, 11) is 0. The summed E-state index contributed by atoms with van der Waals surface area (Å²) < 4.78 is 1.85. The third kappa shape index (κ3) is 2.26. The van der Waals surface area contributed by atoms with Gasteiger partial charge in [0.2, 0.25) is 0 Å². The molecule has 1 nitrogen and oxygen atoms in total. The monoisotopic (exact) mass is 301 g/mol. The molecule has 0 atom stereocenters. The molecule has 0 saturated heterocycles. The molecule has 0 fully saturated rings. The van der Waals surface area contributed by atoms with Crippen LogP contribution in [0.3, 0.4) is 0 Å². The van der Waals surface area contributed by atoms with E-state index in [1.54, 1.807) is 0 Å². The van der Waals surface area contributed by atoms with Crippen molar-refractivity contribution in [2.75, 3.05) is 0 Å². The smallest absolute Gasteiger partial charge is 0.0979 e. The highest BCUT2D eigenvalue weighted by atomic mass is 79.9. The molecule has 0 unspecified atom stereocenters. The van der Waals surface area contributed by atoms with E-state index < -0.39 is 0 Å². The Morgan fingerprint density at radius 2 is 2.20 bits per heavy atom. The van der Waals surface area contributed by atoms with Gasteiger partial charge < -0.3 is 5.73 Å². The molecule has 2 aromatic rings. The van der Waals surface area contributed by atoms with Gasteiger partial charge >= 0.3 is 0 Å². The van der Waals surface area contributed by atoms with E-state index in [0.29, 0.717) is 6.54 Å². The highest BCUT2D eigenvalue weighted by Crippen LogP contribution is 2.35. The molecule has 1 aromatic heterocycles. The molecule has 2 rings (SSSR count). The number of thiophene rings is 1. The first-order valence-electron chi connectivity index (χ1n) is 4.44. The minimum Gasteiger partial charge on any atom is -0.326 e. The molecule has 0 saturated carbocycles. The van der Waals surface area contributed by atoms with Crippen LogP contribution in [0.4, 0.5) is 0 Å². The number of halogens is 2. The molecule has 0 aliphatic carbocycles. The summed E-state index contributed by atoms with van der Waals surface area (Å²) in [6.45, 7) is 0.476. The quantitative estimate of drug-likeness (QED) is 0.880. The molecule has 0 radical (unpaired) electrons. The Morgan fingerprint density at radius 3 is 2.87 bits per heavy atom. The van der Waals surface area contributed by atoms with Gasteiger partial charge in [-0.3, -0.25) is 0 Å². The van der Waals surface area contributed by atoms with Crippen molar-refractivity contribution in [3.63, 3.8) is 0 Å². The summed E-state index contributed by atoms with van der Waals surface area (Å²) in [6, 6.07) is 8.13. The fourth-order valence-electron chi connectivity index (χ4n) is 1.45. The second-order valence-corrected chi connectivity index (χ2v) is 5.51. The average Bonchev–Trinajstić information content (AvgIpc) is 2.59. The fourth-order valence-corrected chi connectivity index (χ4v) is 2.99. The summed E-state index contributed by atoms with van der Waals surface area (Å²) >= 11 is 11.0. The minimum absolute atomic E-state index is 0.476. The first-order chi connectivity index (χ1) is 7.22. The van der Waals surface area contributed by atoms with Gasteiger partial charge in [0, 0.05) is 22.0 Å². The second-order valence-electron chi connectivity index (χ2n) is 3.12. The van der Waals surface area contributed by atoms with Gasteiger partial charge in [-0.15, -0.1) is 11.3 Å². The lowest BCUT2D eigenvalue weighted by Crippen LogP contribution is -1.96. The summed E-state index contributed by atoms with van der Waals surface area (Å²) in [4.78, 5) is 0. The van der Waals surface area contributed by atoms with E-state index in [2.05, 4.69) is 28.1 Å². The Morgan fingerprint density at radius 1 is 1.40 bits per heavy atom. The molecule has 0 bridgehead atoms. The van der Waals surface area contributed by atoms with E-state index >= 15 is 0 Å². The first kappa shape index (κ1) is 11.1. The third-order valence-corrected chi connectivity index (χ3v) is 3.98. The lowest BCUT2D eigenvalue weighted by Gasteiger charge is -2.03. The normalized spacial score (nSPS) is 10.6. The zero-order valence-corrected chi connectivity index (χ0v) is 11.0. The third-order valence-electron chi connectivity index (χ3n) is 2.18. The van der Waals surface area contributed by atoms with Crippen LogP contribution in [-0.2, 0) is 6.54 Å². The van der Waals surface area contributed by atoms with Gasteiger partial charge in [0.05, 0.1) is 4.34 Å². The van der Waals surface area contributed by atoms with E-state index in [4.69, 9.17) is 17.3 Å². The average molecular weight is 303 g/mol. The van der Waals surface area contributed by atoms with Crippen molar-refractivity contribution in [1.29, 1.82) is 0 Å². The van der Waals surface area contributed by atoms with Crippen LogP contribution in [0, 0.1) is 0 Å². The molecule has 0 aliphatic rings. The van der Waals surface area contributed by atoms with Crippen LogP contribution < -0.4 is 5.73 Å². The van der Waals surface area contributed by atoms with Gasteiger partial charge in [-0.2, -0.15) is 0 Å². The second kappa shape index (κ2) is 4.66. The molecule has 1 aromatic carbocycles. The van der Waals surface area contributed by atoms with E-state index in [1.165, 1.54) is 11.3 Å². The molecule has 15 heavy (non-hydrogen) atoms. The number of hydrogen-bond donors (Lipinski definition) is 1. The standard InChI is InChI=1S/C11H9BrClNS/c12-8-3-1-2-7(4-8)10-6-15-11(13)9(10)5-14/h1-4,6H,5,14H2. The Kier molecular flexibility index (Phi) is 3.46. The zero-order valence-electron chi connectivity index (χ0n) is 7.84. The molecule has 0 aliphatic heterocycles. The molecule has 0 spiro atoms. The topological polar surface area (TPSA) is 26.0 Å². The lowest BCUT2D eigenvalue weighted by molar-refractivity contribution is 1.08. The Bertz CT molecular complexity index is 481. The van der Waals surface area contributed by atoms with Crippen LogP contribution >= 0.6 is 38.9 Å². The van der Waals surface area contributed by atoms with E-state index in [9.17, 15) is 0 Å². The van der Waals surface area contributed by atoms with Crippen molar-refractivity contribution in [3.8, 4) is 11.1 Å². The number of nitrogens with two attached hydrogens (primary N) is 1. The Hall–Kier alpha value is -0.350. The summed E-state index contributed by atoms with van der Waals surface area (Å²) in [5, 5.41) is 2.05. The van der Waals surface area contributed by atoms with Crippen LogP contribution in [0.5, 0.6) is 0 Å². The van der Waals surface area contributed by atoms with Crippen molar-refractivity contribution < 1.29 is 0 Å². The predicted molar refractivity (Wildman–Crippen MR) is 70.4 cm³/mol. The fraction of sp³-hybridized carbons (Fsp3) is 0.0909. The Balaban J connectivity index is 2.54. The van der Waals surface area contributed by atoms with Gasteiger partial charge in [-0.1, -0.05) is 39.7 Å². The largest absolute Gasteiger partial charge is 0.326 e. The van der Waals surface area contributed by atoms with Crippen LogP contribution in [0.15, 0.2) is 34.1 Å². The molecule has 1 heterocycles. The predicted octanol–water partition coefficient (Wildman–Crippen LogP) is 4.29. The van der Waals surface area contributed by atoms with Gasteiger partial charge in [-0.05, 0) is 23.3 Å². The Labute approximate surface area is 106 Å². The number of benzene rings is 1. The molecule has 4 heteroatoms. The summed E-state index contributed by atoms with van der Waals surface area (Å²) in [5.74, 6) is 0. The highest BCUT2D eigenvalue weighted by molar-refractivity contribution is 9.10. The van der Waals surface area contributed by atoms with Crippen LogP contribution in [-0.4, -0.2) is 0 Å². The number of hydrogen-bond acceptors (Lipinski definition) is 2. The maximum absolute atomic E-state index is 6.06. The van der Waals surface area contributed by atoms with E-state index in [0.717, 1.165) is 25.5 Å². The van der Waals surface area contributed by atoms with E-state index in [1.807, 2.05) is 17.5 Å². The summed E-state index contributed by atoms with van der Waals surface area (Å²) in [6.07, 6.45) is 0. The van der Waals surface area contributed by atoms with Gasteiger partial charge in [0.15, 0.2) is 0 Å². The maximum Gasteiger partial charge on any atom is 0.0979 e. The van der Waals surface area contributed by atoms with Crippen LogP contribution in [0.2, 0.25) is 4.34 Å². The van der Waals surface area contributed by atoms with Crippen molar-refractivity contribution in [3.05, 3.63) is 44.0 Å². The van der Waals surface area contributed by atoms with Crippen molar-refractivity contribution in [2.45, 2.75) is 6.54 Å². The van der Waals surface area contributed by atoms with Gasteiger partial charge in [-0.25, -0.2) is 0 Å². The lowest BCUT2D eigenvalue weighted by atomic mass is 10.1. The maximum atomic E-state index is 6.06. The molecular weight excluding hydrogens is 294 g/mol. The molecule has 2 N–H and O–H groups in total. The van der Waals surface area contributed by atoms with Crippen molar-refractivity contribution >= 4 is 38.9 Å². The van der Waals surface area contributed by atoms with E-state index in [-0.39, 0.29) is 0 Å². The van der Waals surface area contributed by atoms with Gasteiger partial charge in [0.25, 0.3) is 0 Å². The molecular formula is C11H9BrClNS.